The normalized spacial score (nSPS) is 23.4. The molecule has 2 aromatic carbocycles. The van der Waals surface area contributed by atoms with Gasteiger partial charge in [-0.25, -0.2) is 5.01 Å². The minimum atomic E-state index is -0.305. The molecule has 2 aromatic rings. The summed E-state index contributed by atoms with van der Waals surface area (Å²) in [5.41, 5.74) is 9.49. The molecular weight excluding hydrogens is 384 g/mol. The second-order valence-corrected chi connectivity index (χ2v) is 9.25. The molecule has 5 rings (SSSR count). The molecule has 5 heteroatoms. The van der Waals surface area contributed by atoms with E-state index in [-0.39, 0.29) is 24.0 Å². The van der Waals surface area contributed by atoms with Gasteiger partial charge in [0.15, 0.2) is 6.17 Å². The Hall–Kier alpha value is -2.95. The summed E-state index contributed by atoms with van der Waals surface area (Å²) in [6, 6.07) is 8.78. The van der Waals surface area contributed by atoms with Gasteiger partial charge in [-0.3, -0.25) is 9.80 Å². The maximum atomic E-state index is 13.8. The van der Waals surface area contributed by atoms with Crippen molar-refractivity contribution >= 4 is 18.3 Å². The van der Waals surface area contributed by atoms with Crippen LogP contribution in [0.5, 0.6) is 0 Å². The quantitative estimate of drug-likeness (QED) is 0.684. The smallest absolute Gasteiger partial charge is 0.250 e. The van der Waals surface area contributed by atoms with E-state index in [9.17, 15) is 4.79 Å². The van der Waals surface area contributed by atoms with Crippen LogP contribution in [0.3, 0.4) is 0 Å². The number of rotatable bonds is 3. The molecule has 31 heavy (non-hydrogen) atoms. The number of unbranched alkanes of at least 4 members (excludes halogenated alkanes) is 1. The van der Waals surface area contributed by atoms with Crippen LogP contribution in [0.1, 0.15) is 82.9 Å². The molecule has 5 nitrogen and oxygen atoms in total. The van der Waals surface area contributed by atoms with Crippen LogP contribution in [0.4, 0.5) is 0 Å². The summed E-state index contributed by atoms with van der Waals surface area (Å²) in [6.07, 6.45) is 6.41. The average molecular weight is 415 g/mol. The van der Waals surface area contributed by atoms with Gasteiger partial charge >= 0.3 is 0 Å². The summed E-state index contributed by atoms with van der Waals surface area (Å²) in [5.74, 6) is -0.0409. The standard InChI is InChI=1S/C26H30N4O/c1-6-7-8-21-24-22-11-17(4)15(2)9-19(22)13-27-29(24)25-23-12-18(5)16(3)10-20(23)14-28-30(25)26(21)31/h9-14,21,24-25H,6-8H2,1-5H3. The molecule has 0 saturated carbocycles. The van der Waals surface area contributed by atoms with Gasteiger partial charge in [-0.05, 0) is 74.1 Å². The third kappa shape index (κ3) is 3.01. The lowest BCUT2D eigenvalue weighted by Gasteiger charge is -2.51. The van der Waals surface area contributed by atoms with E-state index in [4.69, 9.17) is 5.10 Å². The van der Waals surface area contributed by atoms with Crippen LogP contribution in [0, 0.1) is 33.6 Å². The highest BCUT2D eigenvalue weighted by Crippen LogP contribution is 2.49. The van der Waals surface area contributed by atoms with Crippen LogP contribution < -0.4 is 0 Å². The molecule has 1 fully saturated rings. The molecule has 0 spiro atoms. The SMILES string of the molecule is CCCCC1C(=O)N2N=Cc3cc(C)c(C)cc3C2N2N=Cc3cc(C)c(C)cc3C12. The Morgan fingerprint density at radius 2 is 1.42 bits per heavy atom. The molecule has 0 aromatic heterocycles. The molecule has 3 unspecified atom stereocenters. The number of amides is 1. The van der Waals surface area contributed by atoms with Crippen molar-refractivity contribution in [1.29, 1.82) is 0 Å². The lowest BCUT2D eigenvalue weighted by atomic mass is 9.80. The van der Waals surface area contributed by atoms with Gasteiger partial charge in [-0.1, -0.05) is 31.9 Å². The Labute approximate surface area is 184 Å². The van der Waals surface area contributed by atoms with Gasteiger partial charge in [0.2, 0.25) is 0 Å². The molecule has 0 aliphatic carbocycles. The summed E-state index contributed by atoms with van der Waals surface area (Å²) >= 11 is 0. The van der Waals surface area contributed by atoms with E-state index >= 15 is 0 Å². The van der Waals surface area contributed by atoms with Crippen molar-refractivity contribution in [3.05, 3.63) is 68.8 Å². The first-order chi connectivity index (χ1) is 14.9. The molecule has 0 N–H and O–H groups in total. The summed E-state index contributed by atoms with van der Waals surface area (Å²) in [4.78, 5) is 13.8. The number of hydrazone groups is 2. The van der Waals surface area contributed by atoms with Gasteiger partial charge in [0.25, 0.3) is 5.91 Å². The zero-order valence-electron chi connectivity index (χ0n) is 19.0. The largest absolute Gasteiger partial charge is 0.272 e. The zero-order chi connectivity index (χ0) is 21.9. The van der Waals surface area contributed by atoms with E-state index in [1.165, 1.54) is 27.8 Å². The number of benzene rings is 2. The first-order valence-corrected chi connectivity index (χ1v) is 11.3. The van der Waals surface area contributed by atoms with E-state index in [0.717, 1.165) is 36.0 Å². The van der Waals surface area contributed by atoms with Gasteiger partial charge in [0, 0.05) is 16.7 Å². The van der Waals surface area contributed by atoms with Crippen molar-refractivity contribution < 1.29 is 4.79 Å². The molecule has 160 valence electrons. The van der Waals surface area contributed by atoms with Crippen molar-refractivity contribution in [3.63, 3.8) is 0 Å². The number of aryl methyl sites for hydroxylation is 4. The van der Waals surface area contributed by atoms with Gasteiger partial charge < -0.3 is 0 Å². The summed E-state index contributed by atoms with van der Waals surface area (Å²) < 4.78 is 0. The van der Waals surface area contributed by atoms with E-state index in [2.05, 4.69) is 69.0 Å². The molecular formula is C26H30N4O. The summed E-state index contributed by atoms with van der Waals surface area (Å²) in [7, 11) is 0. The predicted molar refractivity (Wildman–Crippen MR) is 124 cm³/mol. The molecule has 3 heterocycles. The molecule has 0 radical (unpaired) electrons. The maximum Gasteiger partial charge on any atom is 0.250 e. The Bertz CT molecular complexity index is 1130. The van der Waals surface area contributed by atoms with Crippen molar-refractivity contribution in [2.45, 2.75) is 66.1 Å². The number of hydrogen-bond donors (Lipinski definition) is 0. The van der Waals surface area contributed by atoms with Crippen molar-refractivity contribution in [3.8, 4) is 0 Å². The minimum Gasteiger partial charge on any atom is -0.272 e. The predicted octanol–water partition coefficient (Wildman–Crippen LogP) is 5.31. The second-order valence-electron chi connectivity index (χ2n) is 9.25. The van der Waals surface area contributed by atoms with Crippen LogP contribution in [0.25, 0.3) is 0 Å². The van der Waals surface area contributed by atoms with Crippen molar-refractivity contribution in [2.24, 2.45) is 16.1 Å². The fourth-order valence-electron chi connectivity index (χ4n) is 5.15. The van der Waals surface area contributed by atoms with Crippen LogP contribution >= 0.6 is 0 Å². The number of nitrogens with zero attached hydrogens (tertiary/aromatic N) is 4. The summed E-state index contributed by atoms with van der Waals surface area (Å²) in [5, 5.41) is 13.4. The van der Waals surface area contributed by atoms with Crippen molar-refractivity contribution in [1.82, 2.24) is 10.0 Å². The lowest BCUT2D eigenvalue weighted by molar-refractivity contribution is -0.161. The number of carbonyl (C=O) groups excluding carboxylic acids is 1. The zero-order valence-corrected chi connectivity index (χ0v) is 19.0. The fourth-order valence-corrected chi connectivity index (χ4v) is 5.15. The van der Waals surface area contributed by atoms with E-state index in [1.807, 2.05) is 12.4 Å². The van der Waals surface area contributed by atoms with Crippen molar-refractivity contribution in [2.75, 3.05) is 0 Å². The number of fused-ring (bicyclic) bond motifs is 7. The van der Waals surface area contributed by atoms with Crippen LogP contribution in [-0.4, -0.2) is 28.4 Å². The van der Waals surface area contributed by atoms with Gasteiger partial charge in [0.1, 0.15) is 0 Å². The third-order valence-electron chi connectivity index (χ3n) is 7.21. The Balaban J connectivity index is 1.69. The lowest BCUT2D eigenvalue weighted by Crippen LogP contribution is -2.55. The Morgan fingerprint density at radius 1 is 0.839 bits per heavy atom. The van der Waals surface area contributed by atoms with Crippen LogP contribution in [0.15, 0.2) is 34.5 Å². The summed E-state index contributed by atoms with van der Waals surface area (Å²) in [6.45, 7) is 10.7. The molecule has 3 atom stereocenters. The van der Waals surface area contributed by atoms with E-state index < -0.39 is 0 Å². The molecule has 1 amide bonds. The topological polar surface area (TPSA) is 48.3 Å². The minimum absolute atomic E-state index is 0.0673. The first kappa shape index (κ1) is 20.0. The van der Waals surface area contributed by atoms with Crippen LogP contribution in [0.2, 0.25) is 0 Å². The highest BCUT2D eigenvalue weighted by Gasteiger charge is 2.50. The van der Waals surface area contributed by atoms with Crippen LogP contribution in [-0.2, 0) is 4.79 Å². The molecule has 1 saturated heterocycles. The maximum absolute atomic E-state index is 13.8. The van der Waals surface area contributed by atoms with E-state index in [1.54, 1.807) is 5.01 Å². The monoisotopic (exact) mass is 414 g/mol. The average Bonchev–Trinajstić information content (AvgIpc) is 2.75. The van der Waals surface area contributed by atoms with E-state index in [0.29, 0.717) is 0 Å². The molecule has 3 aliphatic rings. The second kappa shape index (κ2) is 7.33. The van der Waals surface area contributed by atoms with Gasteiger partial charge in [-0.2, -0.15) is 10.2 Å². The molecule has 0 bridgehead atoms. The number of hydrogen-bond acceptors (Lipinski definition) is 4. The first-order valence-electron chi connectivity index (χ1n) is 11.3. The fraction of sp³-hybridized carbons (Fsp3) is 0.423. The highest BCUT2D eigenvalue weighted by molar-refractivity contribution is 5.90. The van der Waals surface area contributed by atoms with Gasteiger partial charge in [0.05, 0.1) is 24.4 Å². The van der Waals surface area contributed by atoms with Gasteiger partial charge in [-0.15, -0.1) is 0 Å². The third-order valence-corrected chi connectivity index (χ3v) is 7.21. The Kier molecular flexibility index (Phi) is 4.72. The highest BCUT2D eigenvalue weighted by atomic mass is 16.2. The number of carbonyl (C=O) groups is 1. The molecule has 3 aliphatic heterocycles. The Morgan fingerprint density at radius 3 is 2.10 bits per heavy atom.